The maximum atomic E-state index is 14.5. The van der Waals surface area contributed by atoms with Gasteiger partial charge in [0.05, 0.1) is 25.5 Å². The molecule has 0 amide bonds. The van der Waals surface area contributed by atoms with Crippen molar-refractivity contribution in [3.8, 4) is 22.8 Å². The minimum Gasteiger partial charge on any atom is -0.497 e. The monoisotopic (exact) mass is 415 g/mol. The highest BCUT2D eigenvalue weighted by Crippen LogP contribution is 2.30. The Labute approximate surface area is 171 Å². The SMILES string of the molecule is COc1ccc(CNc2cc(-c3c(F)ccc(C)c3F)nnc2C(=O)O)c(OC)c1. The van der Waals surface area contributed by atoms with Crippen molar-refractivity contribution < 1.29 is 28.2 Å². The van der Waals surface area contributed by atoms with E-state index in [1.54, 1.807) is 18.2 Å². The van der Waals surface area contributed by atoms with E-state index >= 15 is 0 Å². The highest BCUT2D eigenvalue weighted by molar-refractivity contribution is 5.92. The van der Waals surface area contributed by atoms with E-state index in [4.69, 9.17) is 9.47 Å². The van der Waals surface area contributed by atoms with Crippen molar-refractivity contribution in [2.45, 2.75) is 13.5 Å². The smallest absolute Gasteiger partial charge is 0.358 e. The van der Waals surface area contributed by atoms with Gasteiger partial charge in [-0.2, -0.15) is 0 Å². The van der Waals surface area contributed by atoms with Gasteiger partial charge in [0.25, 0.3) is 0 Å². The van der Waals surface area contributed by atoms with Crippen molar-refractivity contribution >= 4 is 11.7 Å². The third-order valence-electron chi connectivity index (χ3n) is 4.50. The van der Waals surface area contributed by atoms with Crippen molar-refractivity contribution in [1.82, 2.24) is 10.2 Å². The lowest BCUT2D eigenvalue weighted by Gasteiger charge is -2.14. The molecule has 7 nitrogen and oxygen atoms in total. The molecule has 2 N–H and O–H groups in total. The van der Waals surface area contributed by atoms with Crippen LogP contribution in [0.5, 0.6) is 11.5 Å². The molecule has 30 heavy (non-hydrogen) atoms. The van der Waals surface area contributed by atoms with Gasteiger partial charge < -0.3 is 19.9 Å². The fourth-order valence-corrected chi connectivity index (χ4v) is 2.89. The van der Waals surface area contributed by atoms with Crippen LogP contribution in [0.3, 0.4) is 0 Å². The number of hydrogen-bond donors (Lipinski definition) is 2. The van der Waals surface area contributed by atoms with E-state index in [2.05, 4.69) is 15.5 Å². The number of aryl methyl sites for hydroxylation is 1. The van der Waals surface area contributed by atoms with Gasteiger partial charge in [-0.3, -0.25) is 0 Å². The number of ether oxygens (including phenoxy) is 2. The van der Waals surface area contributed by atoms with Crippen molar-refractivity contribution in [1.29, 1.82) is 0 Å². The Morgan fingerprint density at radius 2 is 1.87 bits per heavy atom. The van der Waals surface area contributed by atoms with Crippen LogP contribution in [-0.2, 0) is 6.54 Å². The average molecular weight is 415 g/mol. The summed E-state index contributed by atoms with van der Waals surface area (Å²) >= 11 is 0. The Morgan fingerprint density at radius 1 is 1.10 bits per heavy atom. The van der Waals surface area contributed by atoms with Gasteiger partial charge in [0.1, 0.15) is 28.8 Å². The summed E-state index contributed by atoms with van der Waals surface area (Å²) in [6, 6.07) is 8.85. The molecule has 0 atom stereocenters. The maximum absolute atomic E-state index is 14.5. The maximum Gasteiger partial charge on any atom is 0.358 e. The van der Waals surface area contributed by atoms with E-state index in [0.29, 0.717) is 17.1 Å². The highest BCUT2D eigenvalue weighted by atomic mass is 19.1. The van der Waals surface area contributed by atoms with Gasteiger partial charge in [-0.05, 0) is 36.8 Å². The van der Waals surface area contributed by atoms with Gasteiger partial charge in [-0.25, -0.2) is 13.6 Å². The zero-order valence-corrected chi connectivity index (χ0v) is 16.5. The second-order valence-electron chi connectivity index (χ2n) is 6.38. The number of methoxy groups -OCH3 is 2. The van der Waals surface area contributed by atoms with Crippen LogP contribution in [0.2, 0.25) is 0 Å². The number of nitrogens with zero attached hydrogens (tertiary/aromatic N) is 2. The fraction of sp³-hybridized carbons (Fsp3) is 0.190. The fourth-order valence-electron chi connectivity index (χ4n) is 2.89. The quantitative estimate of drug-likeness (QED) is 0.601. The van der Waals surface area contributed by atoms with Crippen molar-refractivity contribution in [2.75, 3.05) is 19.5 Å². The molecule has 0 bridgehead atoms. The predicted octanol–water partition coefficient (Wildman–Crippen LogP) is 4.06. The summed E-state index contributed by atoms with van der Waals surface area (Å²) in [5.41, 5.74) is 0.131. The minimum absolute atomic E-state index is 0.0608. The molecule has 0 aliphatic carbocycles. The van der Waals surface area contributed by atoms with E-state index in [1.807, 2.05) is 0 Å². The Kier molecular flexibility index (Phi) is 6.10. The number of halogens is 2. The topological polar surface area (TPSA) is 93.6 Å². The molecule has 0 spiro atoms. The molecule has 0 aliphatic rings. The van der Waals surface area contributed by atoms with Gasteiger partial charge in [-0.1, -0.05) is 6.07 Å². The van der Waals surface area contributed by atoms with Crippen LogP contribution in [0, 0.1) is 18.6 Å². The van der Waals surface area contributed by atoms with Gasteiger partial charge in [0.15, 0.2) is 5.69 Å². The Hall–Kier alpha value is -3.75. The summed E-state index contributed by atoms with van der Waals surface area (Å²) in [6.45, 7) is 1.66. The number of aromatic nitrogens is 2. The molecule has 9 heteroatoms. The van der Waals surface area contributed by atoms with Crippen LogP contribution in [0.15, 0.2) is 36.4 Å². The van der Waals surface area contributed by atoms with E-state index in [9.17, 15) is 18.7 Å². The summed E-state index contributed by atoms with van der Waals surface area (Å²) in [5, 5.41) is 19.7. The lowest BCUT2D eigenvalue weighted by molar-refractivity contribution is 0.0690. The van der Waals surface area contributed by atoms with Gasteiger partial charge in [-0.15, -0.1) is 10.2 Å². The molecule has 0 unspecified atom stereocenters. The van der Waals surface area contributed by atoms with Crippen LogP contribution in [-0.4, -0.2) is 35.5 Å². The van der Waals surface area contributed by atoms with E-state index in [1.165, 1.54) is 33.3 Å². The summed E-state index contributed by atoms with van der Waals surface area (Å²) in [6.07, 6.45) is 0. The molecule has 1 aromatic heterocycles. The second kappa shape index (κ2) is 8.73. The summed E-state index contributed by atoms with van der Waals surface area (Å²) in [4.78, 5) is 11.5. The average Bonchev–Trinajstić information content (AvgIpc) is 2.75. The Bertz CT molecular complexity index is 1110. The van der Waals surface area contributed by atoms with Crippen LogP contribution in [0.1, 0.15) is 21.6 Å². The molecule has 0 fully saturated rings. The Balaban J connectivity index is 2.00. The number of aromatic carboxylic acids is 1. The normalized spacial score (nSPS) is 10.6. The molecule has 0 aliphatic heterocycles. The number of rotatable bonds is 7. The lowest BCUT2D eigenvalue weighted by atomic mass is 10.1. The van der Waals surface area contributed by atoms with Crippen LogP contribution >= 0.6 is 0 Å². The number of anilines is 1. The van der Waals surface area contributed by atoms with E-state index in [-0.39, 0.29) is 34.7 Å². The molecule has 156 valence electrons. The van der Waals surface area contributed by atoms with E-state index < -0.39 is 17.6 Å². The first-order chi connectivity index (χ1) is 14.3. The highest BCUT2D eigenvalue weighted by Gasteiger charge is 2.20. The van der Waals surface area contributed by atoms with Crippen molar-refractivity contribution in [2.24, 2.45) is 0 Å². The molecule has 2 aromatic carbocycles. The zero-order valence-electron chi connectivity index (χ0n) is 16.5. The number of hydrogen-bond acceptors (Lipinski definition) is 6. The second-order valence-corrected chi connectivity index (χ2v) is 6.38. The first-order valence-electron chi connectivity index (χ1n) is 8.86. The van der Waals surface area contributed by atoms with Gasteiger partial charge in [0.2, 0.25) is 0 Å². The molecular weight excluding hydrogens is 396 g/mol. The Morgan fingerprint density at radius 3 is 2.53 bits per heavy atom. The molecule has 1 heterocycles. The molecule has 0 saturated carbocycles. The van der Waals surface area contributed by atoms with E-state index in [0.717, 1.165) is 6.07 Å². The van der Waals surface area contributed by atoms with Crippen LogP contribution in [0.4, 0.5) is 14.5 Å². The predicted molar refractivity (Wildman–Crippen MR) is 106 cm³/mol. The number of benzene rings is 2. The number of carboxylic acids is 1. The third-order valence-corrected chi connectivity index (χ3v) is 4.50. The molecular formula is C21H19F2N3O4. The molecule has 3 aromatic rings. The molecule has 0 saturated heterocycles. The number of carboxylic acid groups (broad SMARTS) is 1. The van der Waals surface area contributed by atoms with Gasteiger partial charge >= 0.3 is 5.97 Å². The zero-order chi connectivity index (χ0) is 21.8. The molecule has 3 rings (SSSR count). The first kappa shape index (κ1) is 21.0. The minimum atomic E-state index is -1.33. The first-order valence-corrected chi connectivity index (χ1v) is 8.86. The summed E-state index contributed by atoms with van der Waals surface area (Å²) < 4.78 is 39.2. The third kappa shape index (κ3) is 4.14. The lowest BCUT2D eigenvalue weighted by Crippen LogP contribution is -2.11. The largest absolute Gasteiger partial charge is 0.497 e. The number of nitrogens with one attached hydrogen (secondary N) is 1. The summed E-state index contributed by atoms with van der Waals surface area (Å²) in [7, 11) is 3.02. The van der Waals surface area contributed by atoms with Crippen LogP contribution in [0.25, 0.3) is 11.3 Å². The molecule has 0 radical (unpaired) electrons. The summed E-state index contributed by atoms with van der Waals surface area (Å²) in [5.74, 6) is -1.81. The van der Waals surface area contributed by atoms with Gasteiger partial charge in [0, 0.05) is 18.2 Å². The standard InChI is InChI=1S/C21H19F2N3O4/c1-11-4-7-14(22)18(19(11)23)15-9-16(20(21(27)28)26-25-15)24-10-12-5-6-13(29-2)8-17(12)30-3/h4-9H,10H2,1-3H3,(H,24,25)(H,27,28). The van der Waals surface area contributed by atoms with Crippen LogP contribution < -0.4 is 14.8 Å². The van der Waals surface area contributed by atoms with Crippen molar-refractivity contribution in [3.63, 3.8) is 0 Å². The van der Waals surface area contributed by atoms with Crippen molar-refractivity contribution in [3.05, 3.63) is 64.9 Å². The number of carbonyl (C=O) groups is 1.